The number of ether oxygens (including phenoxy) is 2. The lowest BCUT2D eigenvalue weighted by Crippen LogP contribution is -2.22. The molecule has 0 amide bonds. The van der Waals surface area contributed by atoms with Gasteiger partial charge in [-0.25, -0.2) is 4.98 Å². The zero-order valence-corrected chi connectivity index (χ0v) is 18.2. The quantitative estimate of drug-likeness (QED) is 0.305. The average Bonchev–Trinajstić information content (AvgIpc) is 3.41. The molecule has 5 rings (SSSR count). The van der Waals surface area contributed by atoms with Crippen LogP contribution >= 0.6 is 27.7 Å². The maximum Gasteiger partial charge on any atom is 0.262 e. The Balaban J connectivity index is 1.43. The van der Waals surface area contributed by atoms with Crippen LogP contribution in [0.2, 0.25) is 0 Å². The molecule has 0 fully saturated rings. The molecule has 8 nitrogen and oxygen atoms in total. The van der Waals surface area contributed by atoms with E-state index in [1.54, 1.807) is 16.7 Å². The molecule has 1 aliphatic heterocycles. The van der Waals surface area contributed by atoms with Gasteiger partial charge in [0.15, 0.2) is 16.7 Å². The highest BCUT2D eigenvalue weighted by molar-refractivity contribution is 9.10. The minimum Gasteiger partial charge on any atom is -0.454 e. The van der Waals surface area contributed by atoms with E-state index in [4.69, 9.17) is 14.0 Å². The highest BCUT2D eigenvalue weighted by atomic mass is 79.9. The predicted molar refractivity (Wildman–Crippen MR) is 115 cm³/mol. The topological polar surface area (TPSA) is 92.3 Å². The SMILES string of the molecule is CCn1c(SCc2nc(-c3ccc(Br)cc3)no2)nc2cc3c(cc2c1=O)OCO3. The molecule has 0 saturated carbocycles. The number of aromatic nitrogens is 4. The Bertz CT molecular complexity index is 1300. The van der Waals surface area contributed by atoms with Gasteiger partial charge in [-0.05, 0) is 37.3 Å². The van der Waals surface area contributed by atoms with Crippen molar-refractivity contribution in [2.75, 3.05) is 6.79 Å². The largest absolute Gasteiger partial charge is 0.454 e. The number of nitrogens with zero attached hydrogens (tertiary/aromatic N) is 4. The average molecular weight is 487 g/mol. The van der Waals surface area contributed by atoms with Crippen molar-refractivity contribution in [1.82, 2.24) is 19.7 Å². The second kappa shape index (κ2) is 7.77. The van der Waals surface area contributed by atoms with E-state index in [2.05, 4.69) is 31.1 Å². The summed E-state index contributed by atoms with van der Waals surface area (Å²) in [5.41, 5.74) is 1.31. The van der Waals surface area contributed by atoms with E-state index in [0.717, 1.165) is 10.0 Å². The van der Waals surface area contributed by atoms with Crippen molar-refractivity contribution < 1.29 is 14.0 Å². The van der Waals surface area contributed by atoms with E-state index in [1.807, 2.05) is 31.2 Å². The Morgan fingerprint density at radius 3 is 2.67 bits per heavy atom. The molecule has 0 atom stereocenters. The molecule has 0 spiro atoms. The third-order valence-electron chi connectivity index (χ3n) is 4.62. The molecule has 0 N–H and O–H groups in total. The van der Waals surface area contributed by atoms with Gasteiger partial charge in [-0.3, -0.25) is 9.36 Å². The van der Waals surface area contributed by atoms with Crippen LogP contribution in [0, 0.1) is 0 Å². The highest BCUT2D eigenvalue weighted by Gasteiger charge is 2.19. The Morgan fingerprint density at radius 1 is 1.13 bits per heavy atom. The van der Waals surface area contributed by atoms with Crippen LogP contribution in [0.3, 0.4) is 0 Å². The van der Waals surface area contributed by atoms with Crippen LogP contribution in [0.25, 0.3) is 22.3 Å². The Kier molecular flexibility index (Phi) is 4.95. The zero-order valence-electron chi connectivity index (χ0n) is 15.8. The van der Waals surface area contributed by atoms with Gasteiger partial charge < -0.3 is 14.0 Å². The third kappa shape index (κ3) is 3.46. The molecule has 0 aliphatic carbocycles. The summed E-state index contributed by atoms with van der Waals surface area (Å²) in [6.45, 7) is 2.55. The van der Waals surface area contributed by atoms with Gasteiger partial charge in [0.2, 0.25) is 18.5 Å². The fourth-order valence-corrected chi connectivity index (χ4v) is 4.30. The summed E-state index contributed by atoms with van der Waals surface area (Å²) in [5.74, 6) is 2.53. The molecule has 0 bridgehead atoms. The molecule has 10 heteroatoms. The van der Waals surface area contributed by atoms with Gasteiger partial charge in [0.05, 0.1) is 16.7 Å². The molecule has 152 valence electrons. The Labute approximate surface area is 183 Å². The van der Waals surface area contributed by atoms with Crippen molar-refractivity contribution in [3.8, 4) is 22.9 Å². The highest BCUT2D eigenvalue weighted by Crippen LogP contribution is 2.35. The number of fused-ring (bicyclic) bond motifs is 2. The normalized spacial score (nSPS) is 12.6. The summed E-state index contributed by atoms with van der Waals surface area (Å²) in [4.78, 5) is 22.1. The lowest BCUT2D eigenvalue weighted by Gasteiger charge is -2.10. The molecule has 2 aromatic carbocycles. The van der Waals surface area contributed by atoms with E-state index >= 15 is 0 Å². The molecule has 0 radical (unpaired) electrons. The van der Waals surface area contributed by atoms with Crippen LogP contribution in [0.5, 0.6) is 11.5 Å². The number of halogens is 1. The van der Waals surface area contributed by atoms with Gasteiger partial charge in [0.1, 0.15) is 0 Å². The summed E-state index contributed by atoms with van der Waals surface area (Å²) in [6.07, 6.45) is 0. The number of rotatable bonds is 5. The molecule has 3 heterocycles. The molecule has 4 aromatic rings. The van der Waals surface area contributed by atoms with Crippen LogP contribution in [0.15, 0.2) is 55.3 Å². The van der Waals surface area contributed by atoms with E-state index in [9.17, 15) is 4.79 Å². The van der Waals surface area contributed by atoms with Gasteiger partial charge in [0, 0.05) is 22.6 Å². The van der Waals surface area contributed by atoms with Crippen LogP contribution < -0.4 is 15.0 Å². The van der Waals surface area contributed by atoms with E-state index in [1.165, 1.54) is 11.8 Å². The van der Waals surface area contributed by atoms with Crippen LogP contribution in [0.4, 0.5) is 0 Å². The number of hydrogen-bond acceptors (Lipinski definition) is 8. The maximum absolute atomic E-state index is 13.0. The predicted octanol–water partition coefficient (Wildman–Crippen LogP) is 4.25. The van der Waals surface area contributed by atoms with Crippen molar-refractivity contribution in [3.63, 3.8) is 0 Å². The second-order valence-electron chi connectivity index (χ2n) is 6.47. The Morgan fingerprint density at radius 2 is 1.90 bits per heavy atom. The molecular formula is C20H15BrN4O4S. The summed E-state index contributed by atoms with van der Waals surface area (Å²) in [5, 5.41) is 5.13. The van der Waals surface area contributed by atoms with Crippen LogP contribution in [-0.2, 0) is 12.3 Å². The van der Waals surface area contributed by atoms with Crippen molar-refractivity contribution in [2.45, 2.75) is 24.4 Å². The summed E-state index contributed by atoms with van der Waals surface area (Å²) >= 11 is 4.78. The zero-order chi connectivity index (χ0) is 20.7. The molecule has 2 aromatic heterocycles. The lowest BCUT2D eigenvalue weighted by atomic mass is 10.2. The smallest absolute Gasteiger partial charge is 0.262 e. The van der Waals surface area contributed by atoms with Gasteiger partial charge >= 0.3 is 0 Å². The van der Waals surface area contributed by atoms with Crippen LogP contribution in [0.1, 0.15) is 12.8 Å². The van der Waals surface area contributed by atoms with E-state index in [-0.39, 0.29) is 12.4 Å². The molecular weight excluding hydrogens is 472 g/mol. The first-order chi connectivity index (χ1) is 14.6. The molecule has 0 unspecified atom stereocenters. The molecule has 30 heavy (non-hydrogen) atoms. The first-order valence-electron chi connectivity index (χ1n) is 9.18. The molecule has 0 saturated heterocycles. The van der Waals surface area contributed by atoms with Gasteiger partial charge in [0.25, 0.3) is 5.56 Å². The molecule has 1 aliphatic rings. The third-order valence-corrected chi connectivity index (χ3v) is 6.11. The van der Waals surface area contributed by atoms with Crippen LogP contribution in [-0.4, -0.2) is 26.5 Å². The van der Waals surface area contributed by atoms with E-state index < -0.39 is 0 Å². The van der Waals surface area contributed by atoms with Crippen molar-refractivity contribution in [2.24, 2.45) is 0 Å². The summed E-state index contributed by atoms with van der Waals surface area (Å²) in [7, 11) is 0. The standard InChI is InChI=1S/C20H15BrN4O4S/c1-2-25-19(26)13-7-15-16(28-10-27-15)8-14(13)22-20(25)30-9-17-23-18(24-29-17)11-3-5-12(21)6-4-11/h3-8H,2,9-10H2,1H3. The van der Waals surface area contributed by atoms with Gasteiger partial charge in [-0.1, -0.05) is 32.8 Å². The fraction of sp³-hybridized carbons (Fsp3) is 0.200. The lowest BCUT2D eigenvalue weighted by molar-refractivity contribution is 0.174. The number of hydrogen-bond donors (Lipinski definition) is 0. The summed E-state index contributed by atoms with van der Waals surface area (Å²) < 4.78 is 18.8. The van der Waals surface area contributed by atoms with Gasteiger partial charge in [-0.15, -0.1) is 0 Å². The second-order valence-corrected chi connectivity index (χ2v) is 8.33. The first kappa shape index (κ1) is 19.1. The van der Waals surface area contributed by atoms with Crippen molar-refractivity contribution in [1.29, 1.82) is 0 Å². The maximum atomic E-state index is 13.0. The number of benzene rings is 2. The minimum atomic E-state index is -0.121. The fourth-order valence-electron chi connectivity index (χ4n) is 3.14. The van der Waals surface area contributed by atoms with Crippen molar-refractivity contribution >= 4 is 38.6 Å². The van der Waals surface area contributed by atoms with Gasteiger partial charge in [-0.2, -0.15) is 4.98 Å². The monoisotopic (exact) mass is 486 g/mol. The Hall–Kier alpha value is -2.85. The first-order valence-corrected chi connectivity index (χ1v) is 11.0. The minimum absolute atomic E-state index is 0.121. The number of thioether (sulfide) groups is 1. The summed E-state index contributed by atoms with van der Waals surface area (Å²) in [6, 6.07) is 11.1. The van der Waals surface area contributed by atoms with Crippen molar-refractivity contribution in [3.05, 3.63) is 57.1 Å². The van der Waals surface area contributed by atoms with E-state index in [0.29, 0.717) is 51.6 Å².